The van der Waals surface area contributed by atoms with Crippen molar-refractivity contribution in [2.45, 2.75) is 18.9 Å². The Bertz CT molecular complexity index is 442. The summed E-state index contributed by atoms with van der Waals surface area (Å²) in [5.41, 5.74) is 0. The summed E-state index contributed by atoms with van der Waals surface area (Å²) in [5.74, 6) is 1.58. The van der Waals surface area contributed by atoms with Gasteiger partial charge in [-0.1, -0.05) is 0 Å². The fraction of sp³-hybridized carbons (Fsp3) is 0.667. The van der Waals surface area contributed by atoms with Crippen molar-refractivity contribution in [3.8, 4) is 5.75 Å². The van der Waals surface area contributed by atoms with Crippen molar-refractivity contribution < 1.29 is 4.74 Å². The molecule has 98 valence electrons. The third-order valence-corrected chi connectivity index (χ3v) is 3.91. The van der Waals surface area contributed by atoms with E-state index < -0.39 is 0 Å². The van der Waals surface area contributed by atoms with Crippen LogP contribution in [0.3, 0.4) is 0 Å². The summed E-state index contributed by atoms with van der Waals surface area (Å²) in [6.45, 7) is 3.73. The Morgan fingerprint density at radius 3 is 3.17 bits per heavy atom. The predicted octanol–water partition coefficient (Wildman–Crippen LogP) is 1.42. The Morgan fingerprint density at radius 1 is 1.50 bits per heavy atom. The molecule has 0 bridgehead atoms. The van der Waals surface area contributed by atoms with Crippen molar-refractivity contribution in [2.75, 3.05) is 38.2 Å². The highest BCUT2D eigenvalue weighted by Crippen LogP contribution is 2.30. The number of aromatic nitrogens is 2. The second kappa shape index (κ2) is 4.90. The molecule has 1 unspecified atom stereocenters. The first-order valence-corrected chi connectivity index (χ1v) is 6.72. The smallest absolute Gasteiger partial charge is 0.224 e. The zero-order valence-corrected chi connectivity index (χ0v) is 11.2. The molecular weight excluding hydrogens is 252 g/mol. The van der Waals surface area contributed by atoms with Crippen molar-refractivity contribution in [1.82, 2.24) is 14.9 Å². The fourth-order valence-corrected chi connectivity index (χ4v) is 2.81. The molecule has 2 aliphatic heterocycles. The van der Waals surface area contributed by atoms with Gasteiger partial charge >= 0.3 is 0 Å². The van der Waals surface area contributed by atoms with Gasteiger partial charge in [0.05, 0.1) is 12.7 Å². The van der Waals surface area contributed by atoms with E-state index in [1.165, 1.54) is 19.4 Å². The van der Waals surface area contributed by atoms with Crippen molar-refractivity contribution >= 4 is 17.4 Å². The summed E-state index contributed by atoms with van der Waals surface area (Å²) in [7, 11) is 2.19. The van der Waals surface area contributed by atoms with Crippen LogP contribution in [-0.2, 0) is 0 Å². The summed E-state index contributed by atoms with van der Waals surface area (Å²) in [5, 5.41) is 0.282. The van der Waals surface area contributed by atoms with Crippen LogP contribution in [0.2, 0.25) is 5.28 Å². The predicted molar refractivity (Wildman–Crippen MR) is 70.4 cm³/mol. The van der Waals surface area contributed by atoms with E-state index in [0.717, 1.165) is 24.7 Å². The van der Waals surface area contributed by atoms with Crippen LogP contribution < -0.4 is 9.64 Å². The lowest BCUT2D eigenvalue weighted by atomic mass is 10.2. The lowest BCUT2D eigenvalue weighted by Gasteiger charge is -2.33. The van der Waals surface area contributed by atoms with Gasteiger partial charge in [0.25, 0.3) is 0 Å². The minimum Gasteiger partial charge on any atom is -0.486 e. The summed E-state index contributed by atoms with van der Waals surface area (Å²) >= 11 is 5.87. The summed E-state index contributed by atoms with van der Waals surface area (Å²) in [6, 6.07) is 0.602. The fourth-order valence-electron chi connectivity index (χ4n) is 2.68. The van der Waals surface area contributed by atoms with Crippen molar-refractivity contribution in [3.05, 3.63) is 11.5 Å². The van der Waals surface area contributed by atoms with Crippen molar-refractivity contribution in [3.63, 3.8) is 0 Å². The number of nitrogens with zero attached hydrogens (tertiary/aromatic N) is 4. The molecule has 0 radical (unpaired) electrons. The third-order valence-electron chi connectivity index (χ3n) is 3.73. The first-order valence-electron chi connectivity index (χ1n) is 6.34. The Morgan fingerprint density at radius 2 is 2.39 bits per heavy atom. The quantitative estimate of drug-likeness (QED) is 0.759. The molecule has 1 saturated heterocycles. The average molecular weight is 269 g/mol. The zero-order valence-electron chi connectivity index (χ0n) is 10.5. The highest BCUT2D eigenvalue weighted by atomic mass is 35.5. The molecule has 1 atom stereocenters. The maximum atomic E-state index is 5.87. The van der Waals surface area contributed by atoms with Gasteiger partial charge in [0.2, 0.25) is 5.28 Å². The normalized spacial score (nSPS) is 23.9. The van der Waals surface area contributed by atoms with Crippen LogP contribution in [-0.4, -0.2) is 54.2 Å². The topological polar surface area (TPSA) is 41.5 Å². The van der Waals surface area contributed by atoms with Crippen LogP contribution >= 0.6 is 11.6 Å². The maximum Gasteiger partial charge on any atom is 0.224 e. The third kappa shape index (κ3) is 2.24. The summed E-state index contributed by atoms with van der Waals surface area (Å²) < 4.78 is 5.56. The molecule has 0 aromatic carbocycles. The van der Waals surface area contributed by atoms with Gasteiger partial charge < -0.3 is 14.5 Å². The van der Waals surface area contributed by atoms with E-state index in [4.69, 9.17) is 16.3 Å². The van der Waals surface area contributed by atoms with Gasteiger partial charge in [-0.2, -0.15) is 4.98 Å². The number of likely N-dealkylation sites (N-methyl/N-ethyl adjacent to an activating group) is 1. The number of hydrogen-bond acceptors (Lipinski definition) is 5. The van der Waals surface area contributed by atoms with Crippen LogP contribution in [0.1, 0.15) is 12.8 Å². The van der Waals surface area contributed by atoms with E-state index in [-0.39, 0.29) is 5.28 Å². The minimum atomic E-state index is 0.282. The molecule has 0 spiro atoms. The maximum absolute atomic E-state index is 5.87. The molecule has 6 heteroatoms. The van der Waals surface area contributed by atoms with E-state index in [0.29, 0.717) is 12.6 Å². The summed E-state index contributed by atoms with van der Waals surface area (Å²) in [4.78, 5) is 12.9. The molecule has 0 amide bonds. The van der Waals surface area contributed by atoms with Gasteiger partial charge in [-0.25, -0.2) is 4.98 Å². The SMILES string of the molecule is CN1CCCC1CN1CCOc2cnc(Cl)nc21. The molecule has 5 nitrogen and oxygen atoms in total. The highest BCUT2D eigenvalue weighted by molar-refractivity contribution is 6.28. The molecular formula is C12H17ClN4O. The van der Waals surface area contributed by atoms with Gasteiger partial charge in [0.15, 0.2) is 11.6 Å². The Labute approximate surface area is 112 Å². The van der Waals surface area contributed by atoms with E-state index in [1.54, 1.807) is 6.20 Å². The van der Waals surface area contributed by atoms with Crippen LogP contribution in [0.25, 0.3) is 0 Å². The largest absolute Gasteiger partial charge is 0.486 e. The molecule has 1 fully saturated rings. The standard InChI is InChI=1S/C12H17ClN4O/c1-16-4-2-3-9(16)8-17-5-6-18-10-7-14-12(13)15-11(10)17/h7,9H,2-6,8H2,1H3. The molecule has 0 aliphatic carbocycles. The lowest BCUT2D eigenvalue weighted by molar-refractivity contribution is 0.278. The highest BCUT2D eigenvalue weighted by Gasteiger charge is 2.27. The molecule has 0 saturated carbocycles. The number of ether oxygens (including phenoxy) is 1. The molecule has 1 aromatic heterocycles. The monoisotopic (exact) mass is 268 g/mol. The number of anilines is 1. The first-order chi connectivity index (χ1) is 8.74. The molecule has 18 heavy (non-hydrogen) atoms. The second-order valence-electron chi connectivity index (χ2n) is 4.90. The van der Waals surface area contributed by atoms with Gasteiger partial charge in [0, 0.05) is 12.6 Å². The van der Waals surface area contributed by atoms with Crippen LogP contribution in [0.5, 0.6) is 5.75 Å². The van der Waals surface area contributed by atoms with Crippen molar-refractivity contribution in [1.29, 1.82) is 0 Å². The first kappa shape index (κ1) is 12.0. The molecule has 0 N–H and O–H groups in total. The van der Waals surface area contributed by atoms with Gasteiger partial charge in [-0.05, 0) is 38.0 Å². The van der Waals surface area contributed by atoms with E-state index >= 15 is 0 Å². The Kier molecular flexibility index (Phi) is 3.26. The van der Waals surface area contributed by atoms with Crippen molar-refractivity contribution in [2.24, 2.45) is 0 Å². The average Bonchev–Trinajstić information content (AvgIpc) is 2.76. The van der Waals surface area contributed by atoms with Gasteiger partial charge in [-0.3, -0.25) is 0 Å². The van der Waals surface area contributed by atoms with Crippen LogP contribution in [0, 0.1) is 0 Å². The number of rotatable bonds is 2. The molecule has 3 rings (SSSR count). The van der Waals surface area contributed by atoms with Gasteiger partial charge in [0.1, 0.15) is 6.61 Å². The number of likely N-dealkylation sites (tertiary alicyclic amines) is 1. The summed E-state index contributed by atoms with van der Waals surface area (Å²) in [6.07, 6.45) is 4.19. The number of halogens is 1. The molecule has 1 aromatic rings. The van der Waals surface area contributed by atoms with Crippen LogP contribution in [0.15, 0.2) is 6.20 Å². The lowest BCUT2D eigenvalue weighted by Crippen LogP contribution is -2.42. The van der Waals surface area contributed by atoms with E-state index in [1.807, 2.05) is 0 Å². The number of hydrogen-bond donors (Lipinski definition) is 0. The molecule has 2 aliphatic rings. The minimum absolute atomic E-state index is 0.282. The Hall–Kier alpha value is -1.07. The number of fused-ring (bicyclic) bond motifs is 1. The zero-order chi connectivity index (χ0) is 12.5. The van der Waals surface area contributed by atoms with E-state index in [9.17, 15) is 0 Å². The Balaban J connectivity index is 1.80. The van der Waals surface area contributed by atoms with Crippen LogP contribution in [0.4, 0.5) is 5.82 Å². The molecule has 3 heterocycles. The van der Waals surface area contributed by atoms with Gasteiger partial charge in [-0.15, -0.1) is 0 Å². The van der Waals surface area contributed by atoms with E-state index in [2.05, 4.69) is 26.8 Å². The second-order valence-corrected chi connectivity index (χ2v) is 5.24.